The molecule has 0 radical (unpaired) electrons. The van der Waals surface area contributed by atoms with Gasteiger partial charge in [-0.2, -0.15) is 0 Å². The Bertz CT molecular complexity index is 669. The highest BCUT2D eigenvalue weighted by atomic mass is 16.5. The number of aliphatic carboxylic acids is 2. The van der Waals surface area contributed by atoms with Crippen molar-refractivity contribution >= 4 is 11.9 Å². The standard InChI is InChI=1S/C17H30N4O.C4H4O4/c1-14-12-20(13-15(2)18-14)8-5-6-10-22-17-11-16-7-3-4-9-21(16)19-17;5-3(6)1-2-4(7)8/h11,14-15,18H,3-10,12-13H2,1-2H3;1-2H,(H,5,6)(H,7,8)/t14-,15+;. The van der Waals surface area contributed by atoms with Crippen LogP contribution < -0.4 is 10.1 Å². The number of carboxylic acid groups (broad SMARTS) is 2. The molecule has 3 N–H and O–H groups in total. The molecule has 0 aromatic carbocycles. The topological polar surface area (TPSA) is 117 Å². The van der Waals surface area contributed by atoms with Crippen molar-refractivity contribution in [1.82, 2.24) is 20.0 Å². The zero-order chi connectivity index (χ0) is 21.9. The van der Waals surface area contributed by atoms with E-state index in [1.807, 2.05) is 0 Å². The van der Waals surface area contributed by atoms with Crippen LogP contribution in [0.15, 0.2) is 18.2 Å². The predicted molar refractivity (Wildman–Crippen MR) is 113 cm³/mol. The number of carboxylic acids is 2. The second-order valence-corrected chi connectivity index (χ2v) is 7.95. The minimum absolute atomic E-state index is 0.558. The second-order valence-electron chi connectivity index (χ2n) is 7.95. The van der Waals surface area contributed by atoms with Gasteiger partial charge in [0, 0.05) is 55.6 Å². The number of piperazine rings is 1. The highest BCUT2D eigenvalue weighted by molar-refractivity contribution is 5.89. The maximum Gasteiger partial charge on any atom is 0.328 e. The average molecular weight is 423 g/mol. The Kier molecular flexibility index (Phi) is 9.82. The summed E-state index contributed by atoms with van der Waals surface area (Å²) in [6, 6.07) is 3.34. The van der Waals surface area contributed by atoms with Gasteiger partial charge in [-0.05, 0) is 52.5 Å². The van der Waals surface area contributed by atoms with Gasteiger partial charge in [0.2, 0.25) is 5.88 Å². The van der Waals surface area contributed by atoms with Crippen LogP contribution in [0.1, 0.15) is 45.2 Å². The van der Waals surface area contributed by atoms with Gasteiger partial charge in [-0.1, -0.05) is 0 Å². The van der Waals surface area contributed by atoms with Crippen molar-refractivity contribution in [2.24, 2.45) is 0 Å². The Hall–Kier alpha value is -2.39. The number of nitrogens with one attached hydrogen (secondary N) is 1. The molecular formula is C21H34N4O5. The third kappa shape index (κ3) is 8.96. The Labute approximate surface area is 177 Å². The monoisotopic (exact) mass is 422 g/mol. The number of aryl methyl sites for hydroxylation is 2. The van der Waals surface area contributed by atoms with Gasteiger partial charge in [0.1, 0.15) is 0 Å². The fraction of sp³-hybridized carbons (Fsp3) is 0.667. The SMILES string of the molecule is C[C@@H]1CN(CCCCOc2cc3n(n2)CCCC3)C[C@H](C)N1.O=C(O)C=CC(=O)O. The summed E-state index contributed by atoms with van der Waals surface area (Å²) in [5.41, 5.74) is 1.34. The van der Waals surface area contributed by atoms with E-state index < -0.39 is 11.9 Å². The van der Waals surface area contributed by atoms with Gasteiger partial charge in [0.15, 0.2) is 0 Å². The Morgan fingerprint density at radius 2 is 1.83 bits per heavy atom. The van der Waals surface area contributed by atoms with Crippen molar-refractivity contribution < 1.29 is 24.5 Å². The first-order chi connectivity index (χ1) is 14.3. The quantitative estimate of drug-likeness (QED) is 0.429. The van der Waals surface area contributed by atoms with Crippen molar-refractivity contribution in [2.45, 2.75) is 64.6 Å². The van der Waals surface area contributed by atoms with Gasteiger partial charge >= 0.3 is 11.9 Å². The van der Waals surface area contributed by atoms with E-state index in [0.29, 0.717) is 24.2 Å². The lowest BCUT2D eigenvalue weighted by Gasteiger charge is -2.36. The Morgan fingerprint density at radius 1 is 1.17 bits per heavy atom. The normalized spacial score (nSPS) is 21.5. The molecule has 2 aliphatic rings. The van der Waals surface area contributed by atoms with E-state index in [4.69, 9.17) is 14.9 Å². The molecule has 0 amide bonds. The molecule has 0 bridgehead atoms. The molecule has 168 valence electrons. The third-order valence-corrected chi connectivity index (χ3v) is 5.01. The summed E-state index contributed by atoms with van der Waals surface area (Å²) in [7, 11) is 0. The van der Waals surface area contributed by atoms with Crippen LogP contribution in [-0.4, -0.2) is 75.2 Å². The smallest absolute Gasteiger partial charge is 0.328 e. The highest BCUT2D eigenvalue weighted by Gasteiger charge is 2.20. The summed E-state index contributed by atoms with van der Waals surface area (Å²) < 4.78 is 7.94. The molecule has 0 saturated carbocycles. The van der Waals surface area contributed by atoms with Crippen LogP contribution in [0.25, 0.3) is 0 Å². The maximum atomic E-state index is 9.55. The molecule has 3 rings (SSSR count). The summed E-state index contributed by atoms with van der Waals surface area (Å²) in [5.74, 6) is -1.69. The van der Waals surface area contributed by atoms with Crippen LogP contribution in [0, 0.1) is 0 Å². The van der Waals surface area contributed by atoms with E-state index in [1.165, 1.54) is 44.6 Å². The summed E-state index contributed by atoms with van der Waals surface area (Å²) in [5, 5.41) is 23.7. The first-order valence-corrected chi connectivity index (χ1v) is 10.7. The lowest BCUT2D eigenvalue weighted by atomic mass is 10.1. The zero-order valence-corrected chi connectivity index (χ0v) is 17.9. The Balaban J connectivity index is 0.000000343. The molecule has 0 aliphatic carbocycles. The van der Waals surface area contributed by atoms with E-state index in [0.717, 1.165) is 31.9 Å². The molecule has 1 saturated heterocycles. The van der Waals surface area contributed by atoms with Gasteiger partial charge in [-0.3, -0.25) is 4.68 Å². The summed E-state index contributed by atoms with van der Waals surface area (Å²) in [6.07, 6.45) is 7.10. The van der Waals surface area contributed by atoms with Crippen LogP contribution in [0.5, 0.6) is 5.88 Å². The van der Waals surface area contributed by atoms with Crippen LogP contribution in [0.3, 0.4) is 0 Å². The molecule has 0 spiro atoms. The van der Waals surface area contributed by atoms with Gasteiger partial charge in [0.05, 0.1) is 6.61 Å². The molecule has 1 aromatic rings. The summed E-state index contributed by atoms with van der Waals surface area (Å²) in [6.45, 7) is 9.89. The van der Waals surface area contributed by atoms with E-state index in [2.05, 4.69) is 39.9 Å². The minimum Gasteiger partial charge on any atom is -0.478 e. The molecule has 1 fully saturated rings. The highest BCUT2D eigenvalue weighted by Crippen LogP contribution is 2.19. The molecule has 3 heterocycles. The van der Waals surface area contributed by atoms with Crippen LogP contribution in [0.4, 0.5) is 0 Å². The number of hydrogen-bond acceptors (Lipinski definition) is 6. The molecule has 2 aliphatic heterocycles. The molecule has 9 heteroatoms. The van der Waals surface area contributed by atoms with Crippen molar-refractivity contribution in [2.75, 3.05) is 26.2 Å². The van der Waals surface area contributed by atoms with Crippen molar-refractivity contribution in [3.05, 3.63) is 23.9 Å². The number of fused-ring (bicyclic) bond motifs is 1. The van der Waals surface area contributed by atoms with Crippen molar-refractivity contribution in [3.8, 4) is 5.88 Å². The minimum atomic E-state index is -1.26. The number of unbranched alkanes of at least 4 members (excludes halogenated alkanes) is 1. The van der Waals surface area contributed by atoms with Crippen molar-refractivity contribution in [1.29, 1.82) is 0 Å². The number of aromatic nitrogens is 2. The van der Waals surface area contributed by atoms with Gasteiger partial charge in [-0.25, -0.2) is 9.59 Å². The number of carbonyl (C=O) groups is 2. The lowest BCUT2D eigenvalue weighted by molar-refractivity contribution is -0.134. The van der Waals surface area contributed by atoms with Crippen LogP contribution in [-0.2, 0) is 22.6 Å². The third-order valence-electron chi connectivity index (χ3n) is 5.01. The van der Waals surface area contributed by atoms with Crippen LogP contribution >= 0.6 is 0 Å². The largest absolute Gasteiger partial charge is 0.478 e. The van der Waals surface area contributed by atoms with E-state index in [-0.39, 0.29) is 0 Å². The molecule has 2 atom stereocenters. The fourth-order valence-corrected chi connectivity index (χ4v) is 3.84. The first-order valence-electron chi connectivity index (χ1n) is 10.7. The second kappa shape index (κ2) is 12.3. The van der Waals surface area contributed by atoms with E-state index in [1.54, 1.807) is 0 Å². The number of ether oxygens (including phenoxy) is 1. The summed E-state index contributed by atoms with van der Waals surface area (Å²) in [4.78, 5) is 21.7. The Morgan fingerprint density at radius 3 is 2.43 bits per heavy atom. The van der Waals surface area contributed by atoms with Crippen LogP contribution in [0.2, 0.25) is 0 Å². The van der Waals surface area contributed by atoms with Gasteiger partial charge in [0.25, 0.3) is 0 Å². The van der Waals surface area contributed by atoms with Crippen molar-refractivity contribution in [3.63, 3.8) is 0 Å². The van der Waals surface area contributed by atoms with E-state index in [9.17, 15) is 9.59 Å². The average Bonchev–Trinajstić information content (AvgIpc) is 3.09. The number of nitrogens with zero attached hydrogens (tertiary/aromatic N) is 3. The zero-order valence-electron chi connectivity index (χ0n) is 17.9. The number of rotatable bonds is 8. The first kappa shape index (κ1) is 23.9. The lowest BCUT2D eigenvalue weighted by Crippen LogP contribution is -2.54. The fourth-order valence-electron chi connectivity index (χ4n) is 3.84. The number of hydrogen-bond donors (Lipinski definition) is 3. The summed E-state index contributed by atoms with van der Waals surface area (Å²) >= 11 is 0. The molecule has 1 aromatic heterocycles. The molecular weight excluding hydrogens is 388 g/mol. The predicted octanol–water partition coefficient (Wildman–Crippen LogP) is 1.77. The van der Waals surface area contributed by atoms with Gasteiger partial charge in [-0.15, -0.1) is 5.10 Å². The van der Waals surface area contributed by atoms with E-state index >= 15 is 0 Å². The van der Waals surface area contributed by atoms with Gasteiger partial charge < -0.3 is 25.2 Å². The maximum absolute atomic E-state index is 9.55. The molecule has 30 heavy (non-hydrogen) atoms. The molecule has 0 unspecified atom stereocenters. The molecule has 9 nitrogen and oxygen atoms in total.